The molecule has 0 saturated heterocycles. The van der Waals surface area contributed by atoms with Crippen LogP contribution in [0.3, 0.4) is 0 Å². The molecule has 1 N–H and O–H groups in total. The van der Waals surface area contributed by atoms with E-state index >= 15 is 0 Å². The third-order valence-electron chi connectivity index (χ3n) is 5.51. The molecule has 29 heavy (non-hydrogen) atoms. The molecule has 0 aromatic heterocycles. The van der Waals surface area contributed by atoms with E-state index in [1.807, 2.05) is 79.4 Å². The van der Waals surface area contributed by atoms with Crippen molar-refractivity contribution in [1.29, 1.82) is 0 Å². The van der Waals surface area contributed by atoms with Gasteiger partial charge in [0.15, 0.2) is 0 Å². The average Bonchev–Trinajstić information content (AvgIpc) is 3.15. The molecule has 0 bridgehead atoms. The van der Waals surface area contributed by atoms with Crippen LogP contribution in [0.1, 0.15) is 43.0 Å². The molecule has 1 aliphatic heterocycles. The van der Waals surface area contributed by atoms with E-state index in [2.05, 4.69) is 11.4 Å². The van der Waals surface area contributed by atoms with Crippen molar-refractivity contribution in [3.8, 4) is 0 Å². The molecule has 3 aromatic rings. The number of fused-ring (bicyclic) bond motifs is 1. The molecule has 1 heterocycles. The lowest BCUT2D eigenvalue weighted by Gasteiger charge is -2.19. The monoisotopic (exact) mass is 384 g/mol. The second-order valence-corrected chi connectivity index (χ2v) is 7.48. The van der Waals surface area contributed by atoms with E-state index in [1.54, 1.807) is 0 Å². The van der Waals surface area contributed by atoms with Gasteiger partial charge in [-0.05, 0) is 60.7 Å². The van der Waals surface area contributed by atoms with Gasteiger partial charge < -0.3 is 10.2 Å². The van der Waals surface area contributed by atoms with Crippen molar-refractivity contribution in [2.24, 2.45) is 0 Å². The summed E-state index contributed by atoms with van der Waals surface area (Å²) in [5, 5.41) is 2.99. The number of benzene rings is 3. The number of nitrogens with one attached hydrogen (secondary N) is 1. The molecule has 0 unspecified atom stereocenters. The zero-order chi connectivity index (χ0) is 20.4. The summed E-state index contributed by atoms with van der Waals surface area (Å²) in [5.41, 5.74) is 6.45. The van der Waals surface area contributed by atoms with E-state index in [0.29, 0.717) is 18.7 Å². The van der Waals surface area contributed by atoms with Gasteiger partial charge in [0.25, 0.3) is 11.8 Å². The van der Waals surface area contributed by atoms with Crippen molar-refractivity contribution in [2.75, 3.05) is 11.4 Å². The first kappa shape index (κ1) is 18.9. The maximum Gasteiger partial charge on any atom is 0.258 e. The minimum absolute atomic E-state index is 0.0305. The van der Waals surface area contributed by atoms with Crippen molar-refractivity contribution >= 4 is 17.5 Å². The summed E-state index contributed by atoms with van der Waals surface area (Å²) in [6.45, 7) is 5.00. The highest BCUT2D eigenvalue weighted by Gasteiger charge is 2.26. The first-order valence-electron chi connectivity index (χ1n) is 9.88. The van der Waals surface area contributed by atoms with Gasteiger partial charge in [0.05, 0.1) is 0 Å². The predicted molar refractivity (Wildman–Crippen MR) is 115 cm³/mol. The van der Waals surface area contributed by atoms with Crippen molar-refractivity contribution in [3.63, 3.8) is 0 Å². The van der Waals surface area contributed by atoms with E-state index in [0.717, 1.165) is 34.4 Å². The smallest absolute Gasteiger partial charge is 0.258 e. The first-order valence-corrected chi connectivity index (χ1v) is 9.88. The minimum Gasteiger partial charge on any atom is -0.348 e. The molecule has 1 aliphatic rings. The molecule has 4 rings (SSSR count). The summed E-state index contributed by atoms with van der Waals surface area (Å²) in [6, 6.07) is 21.3. The Morgan fingerprint density at radius 2 is 1.55 bits per heavy atom. The van der Waals surface area contributed by atoms with Gasteiger partial charge in [-0.1, -0.05) is 48.5 Å². The van der Waals surface area contributed by atoms with Crippen LogP contribution >= 0.6 is 0 Å². The van der Waals surface area contributed by atoms with Gasteiger partial charge in [0.1, 0.15) is 0 Å². The topological polar surface area (TPSA) is 49.4 Å². The minimum atomic E-state index is -0.0866. The van der Waals surface area contributed by atoms with E-state index in [-0.39, 0.29) is 11.8 Å². The van der Waals surface area contributed by atoms with Gasteiger partial charge in [-0.2, -0.15) is 0 Å². The molecule has 0 fully saturated rings. The maximum atomic E-state index is 13.1. The Morgan fingerprint density at radius 3 is 2.24 bits per heavy atom. The number of rotatable bonds is 4. The lowest BCUT2D eigenvalue weighted by molar-refractivity contribution is 0.0948. The van der Waals surface area contributed by atoms with Crippen LogP contribution in [0.2, 0.25) is 0 Å². The highest BCUT2D eigenvalue weighted by Crippen LogP contribution is 2.31. The highest BCUT2D eigenvalue weighted by atomic mass is 16.2. The van der Waals surface area contributed by atoms with Gasteiger partial charge in [-0.3, -0.25) is 9.59 Å². The third kappa shape index (κ3) is 3.79. The number of carbonyl (C=O) groups is 2. The lowest BCUT2D eigenvalue weighted by Crippen LogP contribution is -2.29. The molecular weight excluding hydrogens is 360 g/mol. The van der Waals surface area contributed by atoms with Gasteiger partial charge in [0.2, 0.25) is 0 Å². The number of nitrogens with zero attached hydrogens (tertiary/aromatic N) is 1. The Morgan fingerprint density at radius 1 is 0.897 bits per heavy atom. The van der Waals surface area contributed by atoms with Crippen LogP contribution in [-0.2, 0) is 13.0 Å². The molecule has 0 saturated carbocycles. The summed E-state index contributed by atoms with van der Waals surface area (Å²) in [4.78, 5) is 27.4. The maximum absolute atomic E-state index is 13.1. The van der Waals surface area contributed by atoms with E-state index in [4.69, 9.17) is 0 Å². The van der Waals surface area contributed by atoms with E-state index in [9.17, 15) is 9.59 Å². The van der Waals surface area contributed by atoms with Crippen LogP contribution < -0.4 is 10.2 Å². The zero-order valence-corrected chi connectivity index (χ0v) is 16.7. The second kappa shape index (κ2) is 7.92. The van der Waals surface area contributed by atoms with Crippen LogP contribution in [0, 0.1) is 13.8 Å². The molecule has 0 aliphatic carbocycles. The number of aryl methyl sites for hydroxylation is 2. The highest BCUT2D eigenvalue weighted by molar-refractivity contribution is 6.08. The van der Waals surface area contributed by atoms with E-state index in [1.165, 1.54) is 5.56 Å². The average molecular weight is 384 g/mol. The number of amides is 2. The van der Waals surface area contributed by atoms with Gasteiger partial charge in [-0.15, -0.1) is 0 Å². The Kier molecular flexibility index (Phi) is 5.17. The molecule has 3 aromatic carbocycles. The van der Waals surface area contributed by atoms with Crippen LogP contribution in [0.25, 0.3) is 0 Å². The molecule has 4 nitrogen and oxygen atoms in total. The Hall–Kier alpha value is -3.40. The molecule has 2 amide bonds. The quantitative estimate of drug-likeness (QED) is 0.723. The Balaban J connectivity index is 1.52. The molecule has 146 valence electrons. The fourth-order valence-corrected chi connectivity index (χ4v) is 3.81. The number of hydrogen-bond acceptors (Lipinski definition) is 2. The summed E-state index contributed by atoms with van der Waals surface area (Å²) in [7, 11) is 0. The summed E-state index contributed by atoms with van der Waals surface area (Å²) < 4.78 is 0. The standard InChI is InChI=1S/C25H24N2O2/c1-17-7-3-5-9-21(17)24(28)26-16-19-11-12-20-13-14-27(23(20)15-19)25(29)22-10-6-4-8-18(22)2/h3-12,15H,13-14,16H2,1-2H3,(H,26,28). The van der Waals surface area contributed by atoms with Crippen LogP contribution in [0.4, 0.5) is 5.69 Å². The number of hydrogen-bond donors (Lipinski definition) is 1. The number of anilines is 1. The molecule has 0 radical (unpaired) electrons. The fraction of sp³-hybridized carbons (Fsp3) is 0.200. The van der Waals surface area contributed by atoms with Crippen LogP contribution in [-0.4, -0.2) is 18.4 Å². The summed E-state index contributed by atoms with van der Waals surface area (Å²) >= 11 is 0. The molecule has 0 atom stereocenters. The van der Waals surface area contributed by atoms with Crippen molar-refractivity contribution in [1.82, 2.24) is 5.32 Å². The largest absolute Gasteiger partial charge is 0.348 e. The SMILES string of the molecule is Cc1ccccc1C(=O)NCc1ccc2c(c1)N(C(=O)c1ccccc1C)CC2. The first-order chi connectivity index (χ1) is 14.0. The molecular formula is C25H24N2O2. The lowest BCUT2D eigenvalue weighted by atomic mass is 10.1. The molecule has 4 heteroatoms. The fourth-order valence-electron chi connectivity index (χ4n) is 3.81. The Bertz CT molecular complexity index is 1090. The van der Waals surface area contributed by atoms with Crippen molar-refractivity contribution in [2.45, 2.75) is 26.8 Å². The van der Waals surface area contributed by atoms with Crippen molar-refractivity contribution < 1.29 is 9.59 Å². The number of carbonyl (C=O) groups excluding carboxylic acids is 2. The van der Waals surface area contributed by atoms with Gasteiger partial charge in [0, 0.05) is 29.9 Å². The second-order valence-electron chi connectivity index (χ2n) is 7.48. The van der Waals surface area contributed by atoms with Crippen molar-refractivity contribution in [3.05, 3.63) is 100 Å². The third-order valence-corrected chi connectivity index (χ3v) is 5.51. The van der Waals surface area contributed by atoms with Crippen LogP contribution in [0.15, 0.2) is 66.7 Å². The molecule has 0 spiro atoms. The normalized spacial score (nSPS) is 12.6. The summed E-state index contributed by atoms with van der Waals surface area (Å²) in [5.74, 6) is -0.0561. The van der Waals surface area contributed by atoms with E-state index < -0.39 is 0 Å². The zero-order valence-electron chi connectivity index (χ0n) is 16.7. The predicted octanol–water partition coefficient (Wildman–Crippen LogP) is 4.44. The summed E-state index contributed by atoms with van der Waals surface area (Å²) in [6.07, 6.45) is 0.850. The van der Waals surface area contributed by atoms with Gasteiger partial charge in [-0.25, -0.2) is 0 Å². The van der Waals surface area contributed by atoms with Gasteiger partial charge >= 0.3 is 0 Å². The van der Waals surface area contributed by atoms with Crippen LogP contribution in [0.5, 0.6) is 0 Å². The Labute approximate surface area is 171 Å².